The van der Waals surface area contributed by atoms with Crippen LogP contribution in [0.4, 0.5) is 34.1 Å². The molecule has 2 aliphatic heterocycles. The first-order valence-corrected chi connectivity index (χ1v) is 15.6. The number of nitrogens with zero attached hydrogens (tertiary/aromatic N) is 3. The van der Waals surface area contributed by atoms with E-state index in [2.05, 4.69) is 143 Å². The Bertz CT molecular complexity index is 1910. The summed E-state index contributed by atoms with van der Waals surface area (Å²) in [6, 6.07) is 46.8. The zero-order valence-electron chi connectivity index (χ0n) is 24.4. The van der Waals surface area contributed by atoms with Crippen molar-refractivity contribution in [1.29, 1.82) is 0 Å². The number of anilines is 6. The number of aryl methyl sites for hydroxylation is 4. The van der Waals surface area contributed by atoms with Gasteiger partial charge in [-0.2, -0.15) is 0 Å². The summed E-state index contributed by atoms with van der Waals surface area (Å²) in [6.07, 6.45) is 8.08. The van der Waals surface area contributed by atoms with Crippen LogP contribution in [0.3, 0.4) is 0 Å². The van der Waals surface area contributed by atoms with Gasteiger partial charge in [0.15, 0.2) is 0 Å². The van der Waals surface area contributed by atoms with Gasteiger partial charge in [0.05, 0.1) is 11.4 Å². The minimum absolute atomic E-state index is 1.01. The summed E-state index contributed by atoms with van der Waals surface area (Å²) in [4.78, 5) is 9.80. The summed E-state index contributed by atoms with van der Waals surface area (Å²) < 4.78 is 0. The molecule has 210 valence electrons. The number of rotatable bonds is 2. The van der Waals surface area contributed by atoms with Gasteiger partial charge in [-0.25, -0.2) is 0 Å². The van der Waals surface area contributed by atoms with Crippen LogP contribution in [-0.2, 0) is 25.7 Å². The molecule has 1 aromatic heterocycles. The van der Waals surface area contributed by atoms with Crippen LogP contribution in [0.5, 0.6) is 0 Å². The zero-order chi connectivity index (χ0) is 29.0. The highest BCUT2D eigenvalue weighted by atomic mass is 15.2. The Kier molecular flexibility index (Phi) is 5.77. The molecule has 6 aromatic carbocycles. The van der Waals surface area contributed by atoms with E-state index in [0.717, 1.165) is 31.1 Å². The molecular formula is C41H31N3. The van der Waals surface area contributed by atoms with Crippen LogP contribution < -0.4 is 9.80 Å². The first kappa shape index (κ1) is 25.1. The summed E-state index contributed by atoms with van der Waals surface area (Å²) >= 11 is 0. The van der Waals surface area contributed by atoms with Gasteiger partial charge in [-0.3, -0.25) is 4.98 Å². The van der Waals surface area contributed by atoms with Crippen molar-refractivity contribution < 1.29 is 0 Å². The standard InChI is InChI=1S/C41H31N3/c1-7-17-36-28(11-1)21-22-29-12-2-8-18-37(29)43(36)40-32-15-5-6-16-33(32)41(35-27-42-26-25-34(35)40)44-38-19-9-3-13-30(38)23-24-31-14-4-10-20-39(31)44/h1-20,25-27H,21-24H2. The lowest BCUT2D eigenvalue weighted by Crippen LogP contribution is -2.16. The fourth-order valence-corrected chi connectivity index (χ4v) is 7.50. The maximum absolute atomic E-state index is 4.76. The topological polar surface area (TPSA) is 19.4 Å². The van der Waals surface area contributed by atoms with Crippen molar-refractivity contribution in [2.45, 2.75) is 25.7 Å². The molecule has 0 bridgehead atoms. The number of aromatic nitrogens is 1. The lowest BCUT2D eigenvalue weighted by Gasteiger charge is -2.33. The summed E-state index contributed by atoms with van der Waals surface area (Å²) in [5, 5.41) is 4.78. The average Bonchev–Trinajstić information content (AvgIpc) is 3.36. The van der Waals surface area contributed by atoms with E-state index in [4.69, 9.17) is 4.98 Å². The lowest BCUT2D eigenvalue weighted by atomic mass is 9.96. The van der Waals surface area contributed by atoms with Gasteiger partial charge in [-0.05, 0) is 78.3 Å². The Morgan fingerprint density at radius 3 is 1.14 bits per heavy atom. The molecule has 2 aliphatic rings. The molecule has 0 atom stereocenters. The third-order valence-corrected chi connectivity index (χ3v) is 9.47. The largest absolute Gasteiger partial charge is 0.309 e. The van der Waals surface area contributed by atoms with E-state index in [-0.39, 0.29) is 0 Å². The molecule has 9 rings (SSSR count). The van der Waals surface area contributed by atoms with E-state index in [1.807, 2.05) is 6.20 Å². The molecule has 0 aliphatic carbocycles. The van der Waals surface area contributed by atoms with Gasteiger partial charge in [0.25, 0.3) is 0 Å². The third kappa shape index (κ3) is 3.79. The molecule has 0 fully saturated rings. The maximum atomic E-state index is 4.76. The van der Waals surface area contributed by atoms with Gasteiger partial charge in [0, 0.05) is 56.7 Å². The van der Waals surface area contributed by atoms with E-state index in [1.54, 1.807) is 0 Å². The molecule has 0 saturated heterocycles. The minimum atomic E-state index is 1.01. The maximum Gasteiger partial charge on any atom is 0.0635 e. The van der Waals surface area contributed by atoms with Crippen molar-refractivity contribution in [3.63, 3.8) is 0 Å². The third-order valence-electron chi connectivity index (χ3n) is 9.47. The predicted octanol–water partition coefficient (Wildman–Crippen LogP) is 10.5. The fourth-order valence-electron chi connectivity index (χ4n) is 7.50. The smallest absolute Gasteiger partial charge is 0.0635 e. The highest BCUT2D eigenvalue weighted by molar-refractivity contribution is 6.23. The van der Waals surface area contributed by atoms with Crippen molar-refractivity contribution in [1.82, 2.24) is 4.98 Å². The molecule has 7 aromatic rings. The van der Waals surface area contributed by atoms with Gasteiger partial charge in [-0.15, -0.1) is 0 Å². The first-order chi connectivity index (χ1) is 21.9. The Balaban J connectivity index is 1.43. The first-order valence-electron chi connectivity index (χ1n) is 15.6. The molecule has 0 unspecified atom stereocenters. The van der Waals surface area contributed by atoms with Gasteiger partial charge >= 0.3 is 0 Å². The molecule has 0 N–H and O–H groups in total. The Morgan fingerprint density at radius 1 is 0.364 bits per heavy atom. The molecule has 0 radical (unpaired) electrons. The average molecular weight is 566 g/mol. The predicted molar refractivity (Wildman–Crippen MR) is 183 cm³/mol. The number of fused-ring (bicyclic) bond motifs is 6. The molecule has 0 spiro atoms. The Hall–Kier alpha value is -5.41. The summed E-state index contributed by atoms with van der Waals surface area (Å²) in [5.41, 5.74) is 12.8. The molecule has 3 heterocycles. The van der Waals surface area contributed by atoms with Crippen LogP contribution in [0.2, 0.25) is 0 Å². The van der Waals surface area contributed by atoms with Crippen LogP contribution in [0, 0.1) is 0 Å². The van der Waals surface area contributed by atoms with Crippen molar-refractivity contribution in [3.05, 3.63) is 162 Å². The Labute approximate surface area is 257 Å². The number of pyridine rings is 1. The SMILES string of the molecule is c1ccc2c(c1)CCc1ccccc1N2c1c2ccccc2c(N2c3ccccc3CCc3ccccc32)c2cnccc12. The monoisotopic (exact) mass is 565 g/mol. The van der Waals surface area contributed by atoms with Gasteiger partial charge in [0.1, 0.15) is 0 Å². The van der Waals surface area contributed by atoms with Crippen molar-refractivity contribution in [3.8, 4) is 0 Å². The highest BCUT2D eigenvalue weighted by Crippen LogP contribution is 2.53. The molecule has 3 heteroatoms. The second-order valence-corrected chi connectivity index (χ2v) is 11.8. The summed E-state index contributed by atoms with van der Waals surface area (Å²) in [6.45, 7) is 0. The van der Waals surface area contributed by atoms with Crippen LogP contribution in [0.15, 0.2) is 140 Å². The fraction of sp³-hybridized carbons (Fsp3) is 0.0976. The van der Waals surface area contributed by atoms with Gasteiger partial charge in [0.2, 0.25) is 0 Å². The number of hydrogen-bond acceptors (Lipinski definition) is 3. The minimum Gasteiger partial charge on any atom is -0.309 e. The highest BCUT2D eigenvalue weighted by Gasteiger charge is 2.30. The second kappa shape index (κ2) is 10.1. The van der Waals surface area contributed by atoms with Crippen LogP contribution in [0.1, 0.15) is 22.3 Å². The van der Waals surface area contributed by atoms with E-state index < -0.39 is 0 Å². The molecular weight excluding hydrogens is 534 g/mol. The normalized spacial score (nSPS) is 13.9. The van der Waals surface area contributed by atoms with Crippen molar-refractivity contribution in [2.75, 3.05) is 9.80 Å². The Morgan fingerprint density at radius 2 is 0.705 bits per heavy atom. The molecule has 3 nitrogen and oxygen atoms in total. The summed E-state index contributed by atoms with van der Waals surface area (Å²) in [5.74, 6) is 0. The molecule has 0 saturated carbocycles. The van der Waals surface area contributed by atoms with E-state index >= 15 is 0 Å². The second-order valence-electron chi connectivity index (χ2n) is 11.8. The van der Waals surface area contributed by atoms with Crippen LogP contribution >= 0.6 is 0 Å². The quantitative estimate of drug-likeness (QED) is 0.194. The zero-order valence-corrected chi connectivity index (χ0v) is 24.4. The van der Waals surface area contributed by atoms with E-state index in [0.29, 0.717) is 0 Å². The van der Waals surface area contributed by atoms with Crippen molar-refractivity contribution >= 4 is 55.7 Å². The number of para-hydroxylation sites is 4. The van der Waals surface area contributed by atoms with Crippen LogP contribution in [0.25, 0.3) is 21.5 Å². The molecule has 0 amide bonds. The van der Waals surface area contributed by atoms with E-state index in [9.17, 15) is 0 Å². The number of benzene rings is 6. The van der Waals surface area contributed by atoms with Crippen LogP contribution in [-0.4, -0.2) is 4.98 Å². The van der Waals surface area contributed by atoms with E-state index in [1.165, 1.54) is 72.5 Å². The number of hydrogen-bond donors (Lipinski definition) is 0. The van der Waals surface area contributed by atoms with Crippen molar-refractivity contribution in [2.24, 2.45) is 0 Å². The summed E-state index contributed by atoms with van der Waals surface area (Å²) in [7, 11) is 0. The van der Waals surface area contributed by atoms with Gasteiger partial charge < -0.3 is 9.80 Å². The lowest BCUT2D eigenvalue weighted by molar-refractivity contribution is 0.977. The molecule has 44 heavy (non-hydrogen) atoms. The van der Waals surface area contributed by atoms with Gasteiger partial charge in [-0.1, -0.05) is 97.1 Å².